The van der Waals surface area contributed by atoms with Crippen LogP contribution in [-0.4, -0.2) is 36.9 Å². The van der Waals surface area contributed by atoms with Gasteiger partial charge in [-0.25, -0.2) is 9.97 Å². The van der Waals surface area contributed by atoms with Crippen molar-refractivity contribution in [1.29, 1.82) is 0 Å². The average molecular weight is 239 g/mol. The lowest BCUT2D eigenvalue weighted by Crippen LogP contribution is -2.10. The van der Waals surface area contributed by atoms with Crippen LogP contribution in [0.25, 0.3) is 0 Å². The number of ether oxygens (including phenoxy) is 2. The molecule has 5 heteroatoms. The van der Waals surface area contributed by atoms with Gasteiger partial charge in [-0.2, -0.15) is 0 Å². The summed E-state index contributed by atoms with van der Waals surface area (Å²) in [6, 6.07) is 0. The van der Waals surface area contributed by atoms with Crippen LogP contribution in [0.4, 0.5) is 5.82 Å². The second kappa shape index (κ2) is 7.19. The number of aryl methyl sites for hydroxylation is 1. The van der Waals surface area contributed by atoms with Gasteiger partial charge in [0.05, 0.1) is 19.8 Å². The summed E-state index contributed by atoms with van der Waals surface area (Å²) in [5, 5.41) is 0. The molecule has 0 saturated heterocycles. The molecule has 0 amide bonds. The van der Waals surface area contributed by atoms with Gasteiger partial charge < -0.3 is 15.2 Å². The first-order valence-corrected chi connectivity index (χ1v) is 5.87. The van der Waals surface area contributed by atoms with Crippen molar-refractivity contribution in [1.82, 2.24) is 9.97 Å². The Balaban J connectivity index is 2.51. The number of hydrogen-bond donors (Lipinski definition) is 1. The van der Waals surface area contributed by atoms with E-state index in [1.807, 2.05) is 6.92 Å². The lowest BCUT2D eigenvalue weighted by atomic mass is 10.2. The van der Waals surface area contributed by atoms with Crippen LogP contribution in [0, 0.1) is 6.92 Å². The zero-order valence-electron chi connectivity index (χ0n) is 10.8. The van der Waals surface area contributed by atoms with E-state index < -0.39 is 0 Å². The van der Waals surface area contributed by atoms with Gasteiger partial charge in [-0.3, -0.25) is 0 Å². The summed E-state index contributed by atoms with van der Waals surface area (Å²) in [6.07, 6.45) is 1.55. The number of methoxy groups -OCH3 is 1. The normalized spacial score (nSPS) is 10.8. The first-order valence-electron chi connectivity index (χ1n) is 5.87. The lowest BCUT2D eigenvalue weighted by molar-refractivity contribution is 0.0716. The summed E-state index contributed by atoms with van der Waals surface area (Å²) in [4.78, 5) is 8.72. The zero-order valence-corrected chi connectivity index (χ0v) is 10.8. The van der Waals surface area contributed by atoms with Crippen LogP contribution in [0.1, 0.15) is 24.0 Å². The number of aromatic nitrogens is 2. The summed E-state index contributed by atoms with van der Waals surface area (Å²) in [6.45, 7) is 5.81. The molecule has 0 aliphatic rings. The fourth-order valence-electron chi connectivity index (χ4n) is 1.50. The highest BCUT2D eigenvalue weighted by Gasteiger charge is 2.06. The van der Waals surface area contributed by atoms with E-state index >= 15 is 0 Å². The number of anilines is 1. The molecule has 1 aromatic rings. The molecule has 1 aromatic heterocycles. The predicted molar refractivity (Wildman–Crippen MR) is 67.0 cm³/mol. The standard InChI is InChI=1S/C12H21N3O2/c1-4-10-9(2)12(13)15-11(14-10)5-6-17-8-7-16-3/h4-8H2,1-3H3,(H2,13,14,15). The monoisotopic (exact) mass is 239 g/mol. The molecule has 17 heavy (non-hydrogen) atoms. The van der Waals surface area contributed by atoms with E-state index in [0.29, 0.717) is 32.1 Å². The van der Waals surface area contributed by atoms with Gasteiger partial charge in [0.2, 0.25) is 0 Å². The molecule has 0 saturated carbocycles. The highest BCUT2D eigenvalue weighted by Crippen LogP contribution is 2.12. The minimum atomic E-state index is 0.573. The second-order valence-electron chi connectivity index (χ2n) is 3.81. The molecule has 0 aromatic carbocycles. The van der Waals surface area contributed by atoms with Gasteiger partial charge in [-0.05, 0) is 13.3 Å². The molecule has 0 aliphatic carbocycles. The molecule has 1 rings (SSSR count). The molecule has 0 spiro atoms. The molecule has 0 bridgehead atoms. The largest absolute Gasteiger partial charge is 0.383 e. The van der Waals surface area contributed by atoms with Gasteiger partial charge in [0.1, 0.15) is 11.6 Å². The molecule has 0 fully saturated rings. The summed E-state index contributed by atoms with van der Waals surface area (Å²) in [5.41, 5.74) is 7.84. The maximum absolute atomic E-state index is 5.84. The fraction of sp³-hybridized carbons (Fsp3) is 0.667. The van der Waals surface area contributed by atoms with Crippen molar-refractivity contribution < 1.29 is 9.47 Å². The van der Waals surface area contributed by atoms with Crippen molar-refractivity contribution >= 4 is 5.82 Å². The molecule has 0 atom stereocenters. The highest BCUT2D eigenvalue weighted by molar-refractivity contribution is 5.41. The summed E-state index contributed by atoms with van der Waals surface area (Å²) in [7, 11) is 1.65. The lowest BCUT2D eigenvalue weighted by Gasteiger charge is -2.08. The van der Waals surface area contributed by atoms with E-state index in [1.165, 1.54) is 0 Å². The van der Waals surface area contributed by atoms with E-state index in [-0.39, 0.29) is 0 Å². The summed E-state index contributed by atoms with van der Waals surface area (Å²) < 4.78 is 10.3. The summed E-state index contributed by atoms with van der Waals surface area (Å²) >= 11 is 0. The average Bonchev–Trinajstić information content (AvgIpc) is 2.33. The number of hydrogen-bond acceptors (Lipinski definition) is 5. The molecule has 2 N–H and O–H groups in total. The second-order valence-corrected chi connectivity index (χ2v) is 3.81. The Bertz CT molecular complexity index is 356. The Morgan fingerprint density at radius 1 is 1.18 bits per heavy atom. The van der Waals surface area contributed by atoms with Crippen LogP contribution in [-0.2, 0) is 22.3 Å². The van der Waals surface area contributed by atoms with Crippen LogP contribution < -0.4 is 5.73 Å². The Labute approximate surface area is 102 Å². The van der Waals surface area contributed by atoms with E-state index in [2.05, 4.69) is 16.9 Å². The maximum atomic E-state index is 5.84. The first-order chi connectivity index (χ1) is 8.19. The Kier molecular flexibility index (Phi) is 5.86. The third kappa shape index (κ3) is 4.28. The minimum absolute atomic E-state index is 0.573. The molecule has 0 unspecified atom stereocenters. The van der Waals surface area contributed by atoms with Gasteiger partial charge in [-0.1, -0.05) is 6.92 Å². The molecular weight excluding hydrogens is 218 g/mol. The van der Waals surface area contributed by atoms with E-state index in [4.69, 9.17) is 15.2 Å². The van der Waals surface area contributed by atoms with Crippen molar-refractivity contribution in [2.24, 2.45) is 0 Å². The topological polar surface area (TPSA) is 70.3 Å². The van der Waals surface area contributed by atoms with Gasteiger partial charge in [0, 0.05) is 24.8 Å². The quantitative estimate of drug-likeness (QED) is 0.722. The van der Waals surface area contributed by atoms with Crippen LogP contribution in [0.2, 0.25) is 0 Å². The molecular formula is C12H21N3O2. The van der Waals surface area contributed by atoms with Gasteiger partial charge in [-0.15, -0.1) is 0 Å². The van der Waals surface area contributed by atoms with Gasteiger partial charge >= 0.3 is 0 Å². The predicted octanol–water partition coefficient (Wildman–Crippen LogP) is 1.14. The van der Waals surface area contributed by atoms with Gasteiger partial charge in [0.15, 0.2) is 0 Å². The number of rotatable bonds is 7. The number of nitrogen functional groups attached to an aromatic ring is 1. The first kappa shape index (κ1) is 13.9. The number of nitrogens with zero attached hydrogens (tertiary/aromatic N) is 2. The van der Waals surface area contributed by atoms with E-state index in [0.717, 1.165) is 23.5 Å². The Hall–Kier alpha value is -1.20. The zero-order chi connectivity index (χ0) is 12.7. The smallest absolute Gasteiger partial charge is 0.133 e. The van der Waals surface area contributed by atoms with E-state index in [1.54, 1.807) is 7.11 Å². The SMILES string of the molecule is CCc1nc(CCOCCOC)nc(N)c1C. The van der Waals surface area contributed by atoms with Crippen molar-refractivity contribution in [2.45, 2.75) is 26.7 Å². The van der Waals surface area contributed by atoms with Gasteiger partial charge in [0.25, 0.3) is 0 Å². The summed E-state index contributed by atoms with van der Waals surface area (Å²) in [5.74, 6) is 1.33. The Morgan fingerprint density at radius 2 is 1.94 bits per heavy atom. The van der Waals surface area contributed by atoms with Crippen molar-refractivity contribution in [3.05, 3.63) is 17.1 Å². The Morgan fingerprint density at radius 3 is 2.59 bits per heavy atom. The van der Waals surface area contributed by atoms with Crippen LogP contribution in [0.5, 0.6) is 0 Å². The van der Waals surface area contributed by atoms with E-state index in [9.17, 15) is 0 Å². The fourth-order valence-corrected chi connectivity index (χ4v) is 1.50. The minimum Gasteiger partial charge on any atom is -0.383 e. The molecule has 96 valence electrons. The van der Waals surface area contributed by atoms with Crippen LogP contribution >= 0.6 is 0 Å². The molecule has 0 aliphatic heterocycles. The molecule has 1 heterocycles. The van der Waals surface area contributed by atoms with Crippen molar-refractivity contribution in [3.63, 3.8) is 0 Å². The highest BCUT2D eigenvalue weighted by atomic mass is 16.5. The third-order valence-corrected chi connectivity index (χ3v) is 2.57. The maximum Gasteiger partial charge on any atom is 0.133 e. The molecule has 0 radical (unpaired) electrons. The van der Waals surface area contributed by atoms with Crippen LogP contribution in [0.15, 0.2) is 0 Å². The van der Waals surface area contributed by atoms with Crippen LogP contribution in [0.3, 0.4) is 0 Å². The van der Waals surface area contributed by atoms with Crippen molar-refractivity contribution in [3.8, 4) is 0 Å². The third-order valence-electron chi connectivity index (χ3n) is 2.57. The number of nitrogens with two attached hydrogens (primary N) is 1. The molecule has 5 nitrogen and oxygen atoms in total. The van der Waals surface area contributed by atoms with Crippen molar-refractivity contribution in [2.75, 3.05) is 32.7 Å².